The fraction of sp³-hybridized carbons (Fsp3) is 0.0526. The van der Waals surface area contributed by atoms with Crippen LogP contribution < -0.4 is 0 Å². The molecule has 0 saturated carbocycles. The summed E-state index contributed by atoms with van der Waals surface area (Å²) >= 11 is 1.58. The van der Waals surface area contributed by atoms with Gasteiger partial charge in [0.15, 0.2) is 0 Å². The van der Waals surface area contributed by atoms with Gasteiger partial charge in [0, 0.05) is 6.42 Å². The van der Waals surface area contributed by atoms with Crippen molar-refractivity contribution in [1.82, 2.24) is 0 Å². The third-order valence-corrected chi connectivity index (χ3v) is 4.19. The molecule has 0 aliphatic carbocycles. The SMILES string of the molecule is O=C(O/N=C(\Cc1ccccc1)c1cccs1)c1ccccc1. The number of rotatable bonds is 5. The van der Waals surface area contributed by atoms with Gasteiger partial charge in [-0.15, -0.1) is 11.3 Å². The maximum atomic E-state index is 12.0. The van der Waals surface area contributed by atoms with E-state index in [1.165, 1.54) is 0 Å². The maximum absolute atomic E-state index is 12.0. The van der Waals surface area contributed by atoms with Gasteiger partial charge in [-0.1, -0.05) is 59.8 Å². The molecule has 0 atom stereocenters. The van der Waals surface area contributed by atoms with Gasteiger partial charge in [0.2, 0.25) is 0 Å². The molecule has 23 heavy (non-hydrogen) atoms. The van der Waals surface area contributed by atoms with Crippen molar-refractivity contribution in [1.29, 1.82) is 0 Å². The Morgan fingerprint density at radius 3 is 2.26 bits per heavy atom. The smallest absolute Gasteiger partial charge is 0.312 e. The summed E-state index contributed by atoms with van der Waals surface area (Å²) in [6.07, 6.45) is 0.615. The predicted octanol–water partition coefficient (Wildman–Crippen LogP) is 4.55. The van der Waals surface area contributed by atoms with E-state index in [1.807, 2.05) is 53.9 Å². The number of benzene rings is 2. The molecule has 0 spiro atoms. The maximum Gasteiger partial charge on any atom is 0.365 e. The lowest BCUT2D eigenvalue weighted by Crippen LogP contribution is -2.08. The minimum Gasteiger partial charge on any atom is -0.312 e. The first kappa shape index (κ1) is 15.2. The molecule has 0 aliphatic rings. The van der Waals surface area contributed by atoms with Crippen LogP contribution in [0.5, 0.6) is 0 Å². The van der Waals surface area contributed by atoms with Crippen LogP contribution in [0.25, 0.3) is 0 Å². The van der Waals surface area contributed by atoms with Gasteiger partial charge in [-0.3, -0.25) is 0 Å². The second-order valence-electron chi connectivity index (χ2n) is 4.92. The molecule has 3 aromatic rings. The van der Waals surface area contributed by atoms with E-state index in [9.17, 15) is 4.79 Å². The first-order valence-corrected chi connectivity index (χ1v) is 8.12. The second kappa shape index (κ2) is 7.51. The van der Waals surface area contributed by atoms with Crippen LogP contribution in [0.1, 0.15) is 20.8 Å². The molecular formula is C19H15NO2S. The average molecular weight is 321 g/mol. The molecule has 3 rings (SSSR count). The molecule has 0 fully saturated rings. The van der Waals surface area contributed by atoms with Crippen LogP contribution in [0.3, 0.4) is 0 Å². The summed E-state index contributed by atoms with van der Waals surface area (Å²) in [4.78, 5) is 18.2. The molecule has 0 aliphatic heterocycles. The highest BCUT2D eigenvalue weighted by molar-refractivity contribution is 7.12. The lowest BCUT2D eigenvalue weighted by atomic mass is 10.1. The Morgan fingerprint density at radius 1 is 0.913 bits per heavy atom. The van der Waals surface area contributed by atoms with Gasteiger partial charge in [0.25, 0.3) is 0 Å². The van der Waals surface area contributed by atoms with Gasteiger partial charge < -0.3 is 4.84 Å². The van der Waals surface area contributed by atoms with Crippen LogP contribution in [-0.4, -0.2) is 11.7 Å². The number of nitrogens with zero attached hydrogens (tertiary/aromatic N) is 1. The topological polar surface area (TPSA) is 38.7 Å². The zero-order valence-corrected chi connectivity index (χ0v) is 13.2. The summed E-state index contributed by atoms with van der Waals surface area (Å²) in [5.74, 6) is -0.451. The van der Waals surface area contributed by atoms with Gasteiger partial charge in [-0.05, 0) is 29.1 Å². The van der Waals surface area contributed by atoms with Crippen molar-refractivity contribution in [2.75, 3.05) is 0 Å². The van der Waals surface area contributed by atoms with Gasteiger partial charge in [0.05, 0.1) is 10.4 Å². The zero-order valence-electron chi connectivity index (χ0n) is 12.4. The largest absolute Gasteiger partial charge is 0.365 e. The third-order valence-electron chi connectivity index (χ3n) is 3.27. The molecule has 1 aromatic heterocycles. The molecule has 0 amide bonds. The van der Waals surface area contributed by atoms with E-state index in [0.717, 1.165) is 16.2 Å². The molecule has 0 bridgehead atoms. The minimum absolute atomic E-state index is 0.451. The summed E-state index contributed by atoms with van der Waals surface area (Å²) in [5, 5.41) is 6.10. The number of oxime groups is 1. The van der Waals surface area contributed by atoms with E-state index in [1.54, 1.807) is 35.6 Å². The Hall–Kier alpha value is -2.72. The molecule has 0 saturated heterocycles. The number of thiophene rings is 1. The summed E-state index contributed by atoms with van der Waals surface area (Å²) in [6, 6.07) is 22.8. The van der Waals surface area contributed by atoms with Crippen molar-refractivity contribution >= 4 is 23.0 Å². The van der Waals surface area contributed by atoms with Gasteiger partial charge in [0.1, 0.15) is 5.71 Å². The van der Waals surface area contributed by atoms with Gasteiger partial charge in [-0.25, -0.2) is 4.79 Å². The summed E-state index contributed by atoms with van der Waals surface area (Å²) in [7, 11) is 0. The van der Waals surface area contributed by atoms with E-state index in [-0.39, 0.29) is 0 Å². The van der Waals surface area contributed by atoms with Crippen molar-refractivity contribution in [3.8, 4) is 0 Å². The fourth-order valence-electron chi connectivity index (χ4n) is 2.12. The minimum atomic E-state index is -0.451. The van der Waals surface area contributed by atoms with Crippen LogP contribution in [0.4, 0.5) is 0 Å². The Morgan fingerprint density at radius 2 is 1.61 bits per heavy atom. The second-order valence-corrected chi connectivity index (χ2v) is 5.87. The highest BCUT2D eigenvalue weighted by Gasteiger charge is 2.10. The third kappa shape index (κ3) is 4.14. The molecule has 0 N–H and O–H groups in total. The van der Waals surface area contributed by atoms with Crippen molar-refractivity contribution in [3.05, 3.63) is 94.2 Å². The standard InChI is InChI=1S/C19H15NO2S/c21-19(16-10-5-2-6-11-16)22-20-17(18-12-7-13-23-18)14-15-8-3-1-4-9-15/h1-13H,14H2/b20-17+. The summed E-state index contributed by atoms with van der Waals surface area (Å²) in [5.41, 5.74) is 2.35. The molecule has 1 heterocycles. The monoisotopic (exact) mass is 321 g/mol. The van der Waals surface area contributed by atoms with E-state index in [4.69, 9.17) is 4.84 Å². The predicted molar refractivity (Wildman–Crippen MR) is 92.9 cm³/mol. The van der Waals surface area contributed by atoms with Crippen molar-refractivity contribution in [2.45, 2.75) is 6.42 Å². The highest BCUT2D eigenvalue weighted by atomic mass is 32.1. The number of carbonyl (C=O) groups excluding carboxylic acids is 1. The van der Waals surface area contributed by atoms with Crippen LogP contribution in [0, 0.1) is 0 Å². The number of hydrogen-bond donors (Lipinski definition) is 0. The lowest BCUT2D eigenvalue weighted by molar-refractivity contribution is 0.0516. The molecule has 2 aromatic carbocycles. The molecule has 0 radical (unpaired) electrons. The van der Waals surface area contributed by atoms with E-state index >= 15 is 0 Å². The summed E-state index contributed by atoms with van der Waals surface area (Å²) < 4.78 is 0. The molecule has 3 nitrogen and oxygen atoms in total. The van der Waals surface area contributed by atoms with Crippen LogP contribution in [0.2, 0.25) is 0 Å². The molecule has 0 unspecified atom stereocenters. The fourth-order valence-corrected chi connectivity index (χ4v) is 2.83. The van der Waals surface area contributed by atoms with E-state index in [0.29, 0.717) is 12.0 Å². The first-order valence-electron chi connectivity index (χ1n) is 7.24. The normalized spacial score (nSPS) is 11.2. The Labute approximate surface area is 138 Å². The van der Waals surface area contributed by atoms with Crippen molar-refractivity contribution in [3.63, 3.8) is 0 Å². The Balaban J connectivity index is 1.79. The Bertz CT molecular complexity index is 781. The zero-order chi connectivity index (χ0) is 15.9. The summed E-state index contributed by atoms with van der Waals surface area (Å²) in [6.45, 7) is 0. The van der Waals surface area contributed by atoms with Crippen LogP contribution in [-0.2, 0) is 11.3 Å². The van der Waals surface area contributed by atoms with Crippen LogP contribution in [0.15, 0.2) is 83.3 Å². The number of hydrogen-bond acceptors (Lipinski definition) is 4. The molecular weight excluding hydrogens is 306 g/mol. The highest BCUT2D eigenvalue weighted by Crippen LogP contribution is 2.15. The first-order chi connectivity index (χ1) is 11.3. The molecule has 114 valence electrons. The van der Waals surface area contributed by atoms with Gasteiger partial charge >= 0.3 is 5.97 Å². The van der Waals surface area contributed by atoms with E-state index in [2.05, 4.69) is 5.16 Å². The number of carbonyl (C=O) groups is 1. The lowest BCUT2D eigenvalue weighted by Gasteiger charge is -2.05. The quantitative estimate of drug-likeness (QED) is 0.393. The van der Waals surface area contributed by atoms with Gasteiger partial charge in [-0.2, -0.15) is 0 Å². The molecule has 4 heteroatoms. The Kier molecular flexibility index (Phi) is 4.96. The average Bonchev–Trinajstić information content (AvgIpc) is 3.14. The van der Waals surface area contributed by atoms with Crippen LogP contribution >= 0.6 is 11.3 Å². The van der Waals surface area contributed by atoms with Crippen molar-refractivity contribution < 1.29 is 9.63 Å². The van der Waals surface area contributed by atoms with E-state index < -0.39 is 5.97 Å². The van der Waals surface area contributed by atoms with Crippen molar-refractivity contribution in [2.24, 2.45) is 5.16 Å².